The van der Waals surface area contributed by atoms with Crippen LogP contribution >= 0.6 is 0 Å². The van der Waals surface area contributed by atoms with Crippen LogP contribution in [0.15, 0.2) is 41.1 Å². The van der Waals surface area contributed by atoms with Crippen molar-refractivity contribution in [1.29, 1.82) is 0 Å². The first-order chi connectivity index (χ1) is 16.1. The molecule has 6 heteroatoms. The van der Waals surface area contributed by atoms with Crippen LogP contribution in [-0.2, 0) is 0 Å². The lowest BCUT2D eigenvalue weighted by Gasteiger charge is -2.19. The third-order valence-electron chi connectivity index (χ3n) is 5.70. The van der Waals surface area contributed by atoms with Crippen LogP contribution in [-0.4, -0.2) is 25.0 Å². The van der Waals surface area contributed by atoms with E-state index in [1.54, 1.807) is 0 Å². The van der Waals surface area contributed by atoms with Gasteiger partial charge < -0.3 is 23.4 Å². The molecular formula is C27H33NO5. The van der Waals surface area contributed by atoms with E-state index >= 15 is 0 Å². The van der Waals surface area contributed by atoms with E-state index in [0.717, 1.165) is 65.3 Å². The zero-order valence-electron chi connectivity index (χ0n) is 20.0. The Kier molecular flexibility index (Phi) is 7.43. The molecule has 4 rings (SSSR count). The summed E-state index contributed by atoms with van der Waals surface area (Å²) < 4.78 is 29.3. The molecule has 1 aliphatic heterocycles. The molecule has 0 saturated carbocycles. The molecule has 2 aromatic carbocycles. The average Bonchev–Trinajstić information content (AvgIpc) is 3.48. The fourth-order valence-electron chi connectivity index (χ4n) is 3.79. The van der Waals surface area contributed by atoms with E-state index in [0.29, 0.717) is 24.7 Å². The third kappa shape index (κ3) is 5.10. The van der Waals surface area contributed by atoms with E-state index < -0.39 is 0 Å². The van der Waals surface area contributed by atoms with Gasteiger partial charge in [0, 0.05) is 17.2 Å². The molecule has 0 saturated heterocycles. The first-order valence-corrected chi connectivity index (χ1v) is 11.9. The van der Waals surface area contributed by atoms with E-state index in [9.17, 15) is 0 Å². The summed E-state index contributed by atoms with van der Waals surface area (Å²) in [5.41, 5.74) is 3.64. The van der Waals surface area contributed by atoms with Crippen LogP contribution < -0.4 is 18.9 Å². The number of fused-ring (bicyclic) bond motifs is 1. The SMILES string of the molecule is CCCCOc1cc(OCCCC)c(C(C)C)cc1-c1ncoc1-c1ccc2c(c1)OCO2. The van der Waals surface area contributed by atoms with Gasteiger partial charge in [0.15, 0.2) is 23.7 Å². The Balaban J connectivity index is 1.77. The summed E-state index contributed by atoms with van der Waals surface area (Å²) in [6, 6.07) is 9.94. The van der Waals surface area contributed by atoms with Crippen molar-refractivity contribution in [3.05, 3.63) is 42.3 Å². The molecule has 0 bridgehead atoms. The van der Waals surface area contributed by atoms with Crippen LogP contribution in [0.25, 0.3) is 22.6 Å². The molecule has 3 aromatic rings. The highest BCUT2D eigenvalue weighted by atomic mass is 16.7. The van der Waals surface area contributed by atoms with Gasteiger partial charge in [-0.15, -0.1) is 0 Å². The minimum atomic E-state index is 0.231. The zero-order valence-corrected chi connectivity index (χ0v) is 20.0. The second-order valence-electron chi connectivity index (χ2n) is 8.54. The number of rotatable bonds is 11. The molecule has 0 amide bonds. The van der Waals surface area contributed by atoms with E-state index in [1.807, 2.05) is 24.3 Å². The summed E-state index contributed by atoms with van der Waals surface area (Å²) in [5.74, 6) is 4.03. The van der Waals surface area contributed by atoms with Gasteiger partial charge in [0.2, 0.25) is 6.79 Å². The number of hydrogen-bond acceptors (Lipinski definition) is 6. The van der Waals surface area contributed by atoms with E-state index in [2.05, 4.69) is 38.7 Å². The topological polar surface area (TPSA) is 63.0 Å². The van der Waals surface area contributed by atoms with Crippen LogP contribution in [0.3, 0.4) is 0 Å². The first kappa shape index (κ1) is 23.0. The lowest BCUT2D eigenvalue weighted by Crippen LogP contribution is -2.05. The molecule has 1 aromatic heterocycles. The van der Waals surface area contributed by atoms with Gasteiger partial charge >= 0.3 is 0 Å². The summed E-state index contributed by atoms with van der Waals surface area (Å²) in [6.45, 7) is 10.2. The van der Waals surface area contributed by atoms with Gasteiger partial charge in [0.1, 0.15) is 17.2 Å². The van der Waals surface area contributed by atoms with Crippen molar-refractivity contribution in [1.82, 2.24) is 4.98 Å². The molecule has 2 heterocycles. The number of hydrogen-bond donors (Lipinski definition) is 0. The Morgan fingerprint density at radius 2 is 1.64 bits per heavy atom. The molecular weight excluding hydrogens is 418 g/mol. The summed E-state index contributed by atoms with van der Waals surface area (Å²) >= 11 is 0. The molecule has 0 aliphatic carbocycles. The summed E-state index contributed by atoms with van der Waals surface area (Å²) in [4.78, 5) is 4.59. The number of unbranched alkanes of at least 4 members (excludes halogenated alkanes) is 2. The van der Waals surface area contributed by atoms with E-state index in [4.69, 9.17) is 23.4 Å². The molecule has 0 unspecified atom stereocenters. The number of oxazole rings is 1. The van der Waals surface area contributed by atoms with Crippen molar-refractivity contribution < 1.29 is 23.4 Å². The number of ether oxygens (including phenoxy) is 4. The highest BCUT2D eigenvalue weighted by molar-refractivity contribution is 5.82. The summed E-state index contributed by atoms with van der Waals surface area (Å²) in [5, 5.41) is 0. The Bertz CT molecular complexity index is 1070. The van der Waals surface area contributed by atoms with Crippen LogP contribution in [0.2, 0.25) is 0 Å². The van der Waals surface area contributed by atoms with Gasteiger partial charge in [-0.1, -0.05) is 40.5 Å². The quantitative estimate of drug-likeness (QED) is 0.287. The van der Waals surface area contributed by atoms with Gasteiger partial charge in [-0.2, -0.15) is 0 Å². The standard InChI is InChI=1S/C27H33NO5/c1-5-7-11-29-23-15-24(30-12-8-6-2)21(14-20(23)18(3)4)26-27(31-16-28-26)19-9-10-22-25(13-19)33-17-32-22/h9-10,13-16,18H,5-8,11-12,17H2,1-4H3. The molecule has 0 N–H and O–H groups in total. The predicted molar refractivity (Wildman–Crippen MR) is 128 cm³/mol. The van der Waals surface area contributed by atoms with Crippen LogP contribution in [0.4, 0.5) is 0 Å². The lowest BCUT2D eigenvalue weighted by atomic mass is 9.96. The van der Waals surface area contributed by atoms with Gasteiger partial charge in [-0.25, -0.2) is 4.98 Å². The van der Waals surface area contributed by atoms with Crippen molar-refractivity contribution in [2.24, 2.45) is 0 Å². The van der Waals surface area contributed by atoms with Gasteiger partial charge in [0.25, 0.3) is 0 Å². The smallest absolute Gasteiger partial charge is 0.231 e. The summed E-state index contributed by atoms with van der Waals surface area (Å²) in [7, 11) is 0. The van der Waals surface area contributed by atoms with Crippen LogP contribution in [0.5, 0.6) is 23.0 Å². The van der Waals surface area contributed by atoms with Gasteiger partial charge in [0.05, 0.1) is 13.2 Å². The van der Waals surface area contributed by atoms with Crippen LogP contribution in [0.1, 0.15) is 64.9 Å². The second-order valence-corrected chi connectivity index (χ2v) is 8.54. The zero-order chi connectivity index (χ0) is 23.2. The fourth-order valence-corrected chi connectivity index (χ4v) is 3.79. The van der Waals surface area contributed by atoms with Crippen molar-refractivity contribution in [3.8, 4) is 45.6 Å². The molecule has 0 radical (unpaired) electrons. The molecule has 176 valence electrons. The highest BCUT2D eigenvalue weighted by Crippen LogP contribution is 2.44. The first-order valence-electron chi connectivity index (χ1n) is 11.9. The molecule has 0 spiro atoms. The maximum atomic E-state index is 6.24. The van der Waals surface area contributed by atoms with Gasteiger partial charge in [-0.3, -0.25) is 0 Å². The van der Waals surface area contributed by atoms with Gasteiger partial charge in [-0.05, 0) is 48.6 Å². The van der Waals surface area contributed by atoms with E-state index in [-0.39, 0.29) is 12.7 Å². The third-order valence-corrected chi connectivity index (χ3v) is 5.70. The summed E-state index contributed by atoms with van der Waals surface area (Å²) in [6.07, 6.45) is 5.62. The molecule has 0 fully saturated rings. The molecule has 0 atom stereocenters. The normalized spacial score (nSPS) is 12.4. The maximum absolute atomic E-state index is 6.24. The molecule has 6 nitrogen and oxygen atoms in total. The Labute approximate surface area is 195 Å². The van der Waals surface area contributed by atoms with Crippen LogP contribution in [0, 0.1) is 0 Å². The monoisotopic (exact) mass is 451 g/mol. The fraction of sp³-hybridized carbons (Fsp3) is 0.444. The number of aromatic nitrogens is 1. The molecule has 1 aliphatic rings. The number of nitrogens with zero attached hydrogens (tertiary/aromatic N) is 1. The molecule has 33 heavy (non-hydrogen) atoms. The Hall–Kier alpha value is -3.15. The maximum Gasteiger partial charge on any atom is 0.231 e. The Morgan fingerprint density at radius 1 is 0.909 bits per heavy atom. The highest BCUT2D eigenvalue weighted by Gasteiger charge is 2.23. The van der Waals surface area contributed by atoms with Crippen molar-refractivity contribution in [3.63, 3.8) is 0 Å². The minimum Gasteiger partial charge on any atom is -0.493 e. The van der Waals surface area contributed by atoms with Crippen molar-refractivity contribution in [2.45, 2.75) is 59.3 Å². The van der Waals surface area contributed by atoms with E-state index in [1.165, 1.54) is 6.39 Å². The lowest BCUT2D eigenvalue weighted by molar-refractivity contribution is 0.174. The number of benzene rings is 2. The average molecular weight is 452 g/mol. The van der Waals surface area contributed by atoms with Crippen molar-refractivity contribution in [2.75, 3.05) is 20.0 Å². The van der Waals surface area contributed by atoms with Crippen molar-refractivity contribution >= 4 is 0 Å². The predicted octanol–water partition coefficient (Wildman–Crippen LogP) is 7.22. The minimum absolute atomic E-state index is 0.231. The second kappa shape index (κ2) is 10.6. The largest absolute Gasteiger partial charge is 0.493 e. The Morgan fingerprint density at radius 3 is 2.36 bits per heavy atom.